The van der Waals surface area contributed by atoms with Crippen molar-refractivity contribution in [1.29, 1.82) is 0 Å². The molecule has 1 N–H and O–H groups in total. The summed E-state index contributed by atoms with van der Waals surface area (Å²) < 4.78 is 0.965. The van der Waals surface area contributed by atoms with Gasteiger partial charge in [-0.1, -0.05) is 15.9 Å². The van der Waals surface area contributed by atoms with Crippen molar-refractivity contribution in [1.82, 2.24) is 10.3 Å². The lowest BCUT2D eigenvalue weighted by Crippen LogP contribution is -2.40. The minimum absolute atomic E-state index is 0.0759. The number of benzene rings is 1. The van der Waals surface area contributed by atoms with Crippen LogP contribution in [0.15, 0.2) is 35.1 Å². The molecule has 0 spiro atoms. The average Bonchev–Trinajstić information content (AvgIpc) is 2.27. The number of fused-ring (bicyclic) bond motifs is 1. The number of halogens is 1. The second-order valence-corrected chi connectivity index (χ2v) is 6.07. The molecule has 0 saturated carbocycles. The maximum Gasteiger partial charge on any atom is 0.252 e. The van der Waals surface area contributed by atoms with Gasteiger partial charge in [0.2, 0.25) is 0 Å². The first-order valence-electron chi connectivity index (χ1n) is 5.73. The van der Waals surface area contributed by atoms with Crippen LogP contribution in [0.3, 0.4) is 0 Å². The Morgan fingerprint density at radius 2 is 1.94 bits per heavy atom. The molecule has 0 aliphatic carbocycles. The molecule has 0 unspecified atom stereocenters. The Balaban J connectivity index is 2.52. The van der Waals surface area contributed by atoms with Gasteiger partial charge in [-0.3, -0.25) is 9.78 Å². The van der Waals surface area contributed by atoms with Gasteiger partial charge in [-0.2, -0.15) is 0 Å². The third-order valence-corrected chi connectivity index (χ3v) is 3.19. The van der Waals surface area contributed by atoms with Crippen molar-refractivity contribution in [3.63, 3.8) is 0 Å². The van der Waals surface area contributed by atoms with Crippen molar-refractivity contribution >= 4 is 32.6 Å². The van der Waals surface area contributed by atoms with Gasteiger partial charge in [0.1, 0.15) is 0 Å². The number of carbonyl (C=O) groups is 1. The summed E-state index contributed by atoms with van der Waals surface area (Å²) in [7, 11) is 0. The van der Waals surface area contributed by atoms with E-state index >= 15 is 0 Å². The molecule has 0 fully saturated rings. The highest BCUT2D eigenvalue weighted by molar-refractivity contribution is 9.10. The van der Waals surface area contributed by atoms with Gasteiger partial charge in [0.15, 0.2) is 0 Å². The second-order valence-electron chi connectivity index (χ2n) is 5.22. The third-order valence-electron chi connectivity index (χ3n) is 2.50. The van der Waals surface area contributed by atoms with E-state index in [4.69, 9.17) is 0 Å². The van der Waals surface area contributed by atoms with Crippen molar-refractivity contribution < 1.29 is 4.79 Å². The predicted octanol–water partition coefficient (Wildman–Crippen LogP) is 3.53. The summed E-state index contributed by atoms with van der Waals surface area (Å²) in [4.78, 5) is 16.3. The molecule has 0 aliphatic heterocycles. The van der Waals surface area contributed by atoms with Crippen LogP contribution in [0.4, 0.5) is 0 Å². The first-order valence-corrected chi connectivity index (χ1v) is 6.52. The molecule has 1 amide bonds. The van der Waals surface area contributed by atoms with Crippen LogP contribution in [0, 0.1) is 0 Å². The Kier molecular flexibility index (Phi) is 3.39. The fourth-order valence-electron chi connectivity index (χ4n) is 1.76. The zero-order valence-corrected chi connectivity index (χ0v) is 12.2. The minimum atomic E-state index is -0.251. The first-order chi connectivity index (χ1) is 8.38. The number of carbonyl (C=O) groups excluding carboxylic acids is 1. The summed E-state index contributed by atoms with van der Waals surface area (Å²) in [5.41, 5.74) is 0.398. The number of nitrogens with zero attached hydrogens (tertiary/aromatic N) is 1. The number of rotatable bonds is 1. The topological polar surface area (TPSA) is 42.0 Å². The van der Waals surface area contributed by atoms with E-state index in [1.165, 1.54) is 0 Å². The van der Waals surface area contributed by atoms with Crippen LogP contribution < -0.4 is 5.32 Å². The number of aromatic nitrogens is 1. The Bertz CT molecular complexity index is 602. The maximum atomic E-state index is 12.2. The van der Waals surface area contributed by atoms with Crippen LogP contribution in [0.25, 0.3) is 10.8 Å². The summed E-state index contributed by atoms with van der Waals surface area (Å²) in [6.45, 7) is 5.89. The molecule has 1 heterocycles. The van der Waals surface area contributed by atoms with Gasteiger partial charge in [-0.25, -0.2) is 0 Å². The van der Waals surface area contributed by atoms with Gasteiger partial charge in [0.25, 0.3) is 5.91 Å². The molecular weight excluding hydrogens is 292 g/mol. The first kappa shape index (κ1) is 13.0. The van der Waals surface area contributed by atoms with Gasteiger partial charge in [0, 0.05) is 33.4 Å². The Hall–Kier alpha value is -1.42. The van der Waals surface area contributed by atoms with Gasteiger partial charge in [-0.15, -0.1) is 0 Å². The molecule has 0 radical (unpaired) electrons. The predicted molar refractivity (Wildman–Crippen MR) is 76.7 cm³/mol. The summed E-state index contributed by atoms with van der Waals surface area (Å²) >= 11 is 3.48. The highest BCUT2D eigenvalue weighted by Crippen LogP contribution is 2.26. The quantitative estimate of drug-likeness (QED) is 0.876. The molecule has 1 aromatic heterocycles. The van der Waals surface area contributed by atoms with Gasteiger partial charge in [-0.05, 0) is 44.4 Å². The SMILES string of the molecule is CC(C)(C)NC(=O)c1ccc(Br)c2ccncc12. The van der Waals surface area contributed by atoms with Crippen LogP contribution >= 0.6 is 15.9 Å². The summed E-state index contributed by atoms with van der Waals surface area (Å²) in [5.74, 6) is -0.0759. The molecule has 2 rings (SSSR count). The number of hydrogen-bond acceptors (Lipinski definition) is 2. The lowest BCUT2D eigenvalue weighted by atomic mass is 10.0. The highest BCUT2D eigenvalue weighted by Gasteiger charge is 2.17. The van der Waals surface area contributed by atoms with Crippen molar-refractivity contribution in [2.24, 2.45) is 0 Å². The van der Waals surface area contributed by atoms with E-state index in [9.17, 15) is 4.79 Å². The van der Waals surface area contributed by atoms with Crippen molar-refractivity contribution in [2.45, 2.75) is 26.3 Å². The molecule has 3 nitrogen and oxygen atoms in total. The van der Waals surface area contributed by atoms with Crippen LogP contribution in [0.5, 0.6) is 0 Å². The number of pyridine rings is 1. The molecule has 0 aliphatic rings. The van der Waals surface area contributed by atoms with Crippen molar-refractivity contribution in [2.75, 3.05) is 0 Å². The van der Waals surface area contributed by atoms with E-state index < -0.39 is 0 Å². The molecule has 2 aromatic rings. The van der Waals surface area contributed by atoms with Gasteiger partial charge >= 0.3 is 0 Å². The van der Waals surface area contributed by atoms with Gasteiger partial charge < -0.3 is 5.32 Å². The van der Waals surface area contributed by atoms with Crippen LogP contribution in [-0.4, -0.2) is 16.4 Å². The second kappa shape index (κ2) is 4.69. The number of hydrogen-bond donors (Lipinski definition) is 1. The van der Waals surface area contributed by atoms with Gasteiger partial charge in [0.05, 0.1) is 0 Å². The van der Waals surface area contributed by atoms with Crippen LogP contribution in [-0.2, 0) is 0 Å². The maximum absolute atomic E-state index is 12.2. The number of nitrogens with one attached hydrogen (secondary N) is 1. The van der Waals surface area contributed by atoms with E-state index in [2.05, 4.69) is 26.2 Å². The average molecular weight is 307 g/mol. The smallest absolute Gasteiger partial charge is 0.252 e. The largest absolute Gasteiger partial charge is 0.347 e. The Morgan fingerprint density at radius 3 is 2.61 bits per heavy atom. The minimum Gasteiger partial charge on any atom is -0.347 e. The highest BCUT2D eigenvalue weighted by atomic mass is 79.9. The fraction of sp³-hybridized carbons (Fsp3) is 0.286. The Labute approximate surface area is 115 Å². The fourth-order valence-corrected chi connectivity index (χ4v) is 2.24. The third kappa shape index (κ3) is 2.70. The molecule has 94 valence electrons. The monoisotopic (exact) mass is 306 g/mol. The summed E-state index contributed by atoms with van der Waals surface area (Å²) in [6, 6.07) is 5.60. The van der Waals surface area contributed by atoms with E-state index in [1.807, 2.05) is 39.0 Å². The molecule has 0 atom stereocenters. The standard InChI is InChI=1S/C14H15BrN2O/c1-14(2,3)17-13(18)10-4-5-12(15)9-6-7-16-8-11(9)10/h4-8H,1-3H3,(H,17,18). The van der Waals surface area contributed by atoms with E-state index in [-0.39, 0.29) is 11.4 Å². The molecule has 4 heteroatoms. The lowest BCUT2D eigenvalue weighted by molar-refractivity contribution is 0.0921. The zero-order valence-electron chi connectivity index (χ0n) is 10.6. The molecule has 1 aromatic carbocycles. The van der Waals surface area contributed by atoms with Crippen molar-refractivity contribution in [3.05, 3.63) is 40.6 Å². The Morgan fingerprint density at radius 1 is 1.22 bits per heavy atom. The van der Waals surface area contributed by atoms with E-state index in [0.29, 0.717) is 5.56 Å². The number of amides is 1. The zero-order chi connectivity index (χ0) is 13.3. The summed E-state index contributed by atoms with van der Waals surface area (Å²) in [6.07, 6.45) is 3.44. The van der Waals surface area contributed by atoms with E-state index in [1.54, 1.807) is 12.4 Å². The molecule has 0 saturated heterocycles. The molecule has 18 heavy (non-hydrogen) atoms. The van der Waals surface area contributed by atoms with Crippen molar-refractivity contribution in [3.8, 4) is 0 Å². The summed E-state index contributed by atoms with van der Waals surface area (Å²) in [5, 5.41) is 4.81. The molecule has 0 bridgehead atoms. The van der Waals surface area contributed by atoms with Crippen LogP contribution in [0.2, 0.25) is 0 Å². The van der Waals surface area contributed by atoms with E-state index in [0.717, 1.165) is 15.2 Å². The van der Waals surface area contributed by atoms with Crippen LogP contribution in [0.1, 0.15) is 31.1 Å². The normalized spacial score (nSPS) is 11.6. The lowest BCUT2D eigenvalue weighted by Gasteiger charge is -2.21. The molecular formula is C14H15BrN2O.